The summed E-state index contributed by atoms with van der Waals surface area (Å²) in [5, 5.41) is 15.0. The molecule has 2 saturated heterocycles. The minimum atomic E-state index is -1.03. The maximum atomic E-state index is 10.6. The number of rotatable bonds is 8. The number of aliphatic hydroxyl groups is 1. The van der Waals surface area contributed by atoms with Crippen molar-refractivity contribution in [1.82, 2.24) is 29.3 Å². The standard InChI is InChI=1S/C34H46N8O/c1-6-8-28-22-25-23-35-33(38-32(25)42(28)31-10-7-9-30(37-31)34(3,4)43)36-26-11-12-29(24(2)21-26)41-15-13-27(14-16-41)40-19-17-39(5)18-20-40/h7,9-12,21-23,27,43H,6,8,13-20H2,1-5H3,(H,35,36,38). The molecule has 0 spiro atoms. The number of benzene rings is 1. The zero-order valence-electron chi connectivity index (χ0n) is 26.3. The molecule has 9 heteroatoms. The third kappa shape index (κ3) is 6.39. The Hall–Kier alpha value is -3.53. The van der Waals surface area contributed by atoms with E-state index in [1.807, 2.05) is 24.4 Å². The summed E-state index contributed by atoms with van der Waals surface area (Å²) in [6.45, 7) is 14.8. The van der Waals surface area contributed by atoms with Crippen molar-refractivity contribution in [2.45, 2.75) is 65.0 Å². The van der Waals surface area contributed by atoms with Crippen molar-refractivity contribution >= 4 is 28.4 Å². The molecular weight excluding hydrogens is 536 g/mol. The Labute approximate surface area is 255 Å². The predicted molar refractivity (Wildman–Crippen MR) is 175 cm³/mol. The predicted octanol–water partition coefficient (Wildman–Crippen LogP) is 5.26. The van der Waals surface area contributed by atoms with E-state index in [4.69, 9.17) is 9.97 Å². The first kappa shape index (κ1) is 29.5. The van der Waals surface area contributed by atoms with Crippen LogP contribution in [0.1, 0.15) is 57.0 Å². The van der Waals surface area contributed by atoms with Crippen molar-refractivity contribution < 1.29 is 5.11 Å². The van der Waals surface area contributed by atoms with Gasteiger partial charge >= 0.3 is 0 Å². The van der Waals surface area contributed by atoms with Gasteiger partial charge in [-0.15, -0.1) is 0 Å². The van der Waals surface area contributed by atoms with E-state index in [1.54, 1.807) is 13.8 Å². The molecule has 0 saturated carbocycles. The molecule has 4 aromatic rings. The summed E-state index contributed by atoms with van der Waals surface area (Å²) in [4.78, 5) is 22.1. The van der Waals surface area contributed by atoms with E-state index in [0.717, 1.165) is 54.2 Å². The number of likely N-dealkylation sites (N-methyl/N-ethyl adjacent to an activating group) is 1. The molecule has 0 radical (unpaired) electrons. The van der Waals surface area contributed by atoms with Crippen LogP contribution in [0.15, 0.2) is 48.7 Å². The quantitative estimate of drug-likeness (QED) is 0.291. The van der Waals surface area contributed by atoms with E-state index < -0.39 is 5.60 Å². The van der Waals surface area contributed by atoms with Gasteiger partial charge in [0.15, 0.2) is 5.65 Å². The first-order valence-electron chi connectivity index (χ1n) is 15.8. The molecule has 0 unspecified atom stereocenters. The molecule has 0 aliphatic carbocycles. The van der Waals surface area contributed by atoms with Crippen LogP contribution >= 0.6 is 0 Å². The Balaban J connectivity index is 1.20. The first-order chi connectivity index (χ1) is 20.7. The fourth-order valence-electron chi connectivity index (χ4n) is 6.56. The van der Waals surface area contributed by atoms with E-state index in [-0.39, 0.29) is 0 Å². The number of fused-ring (bicyclic) bond motifs is 1. The Morgan fingerprint density at radius 1 is 0.977 bits per heavy atom. The molecule has 2 aliphatic rings. The van der Waals surface area contributed by atoms with Crippen LogP contribution < -0.4 is 10.2 Å². The molecule has 0 atom stereocenters. The third-order valence-corrected chi connectivity index (χ3v) is 9.03. The molecule has 228 valence electrons. The summed E-state index contributed by atoms with van der Waals surface area (Å²) in [6.07, 6.45) is 6.22. The number of pyridine rings is 1. The van der Waals surface area contributed by atoms with Gasteiger partial charge in [0.2, 0.25) is 5.95 Å². The van der Waals surface area contributed by atoms with Crippen LogP contribution in [0, 0.1) is 6.92 Å². The maximum Gasteiger partial charge on any atom is 0.229 e. The van der Waals surface area contributed by atoms with Gasteiger partial charge in [-0.1, -0.05) is 19.4 Å². The lowest BCUT2D eigenvalue weighted by Crippen LogP contribution is -2.52. The Morgan fingerprint density at radius 3 is 2.44 bits per heavy atom. The molecule has 2 fully saturated rings. The number of nitrogens with one attached hydrogen (secondary N) is 1. The second-order valence-corrected chi connectivity index (χ2v) is 12.8. The van der Waals surface area contributed by atoms with Gasteiger partial charge in [0, 0.05) is 74.0 Å². The average molecular weight is 583 g/mol. The van der Waals surface area contributed by atoms with Crippen molar-refractivity contribution in [2.24, 2.45) is 0 Å². The second kappa shape index (κ2) is 12.2. The number of nitrogens with zero attached hydrogens (tertiary/aromatic N) is 7. The fourth-order valence-corrected chi connectivity index (χ4v) is 6.56. The van der Waals surface area contributed by atoms with Crippen molar-refractivity contribution in [1.29, 1.82) is 0 Å². The summed E-state index contributed by atoms with van der Waals surface area (Å²) in [5.41, 5.74) is 5.07. The minimum Gasteiger partial charge on any atom is -0.384 e. The van der Waals surface area contributed by atoms with Crippen molar-refractivity contribution in [3.05, 3.63) is 65.6 Å². The summed E-state index contributed by atoms with van der Waals surface area (Å²) < 4.78 is 2.10. The van der Waals surface area contributed by atoms with Crippen LogP contribution in [-0.2, 0) is 12.0 Å². The van der Waals surface area contributed by atoms with Gasteiger partial charge in [-0.3, -0.25) is 9.47 Å². The Kier molecular flexibility index (Phi) is 8.40. The number of piperazine rings is 1. The molecule has 9 nitrogen and oxygen atoms in total. The van der Waals surface area contributed by atoms with Crippen LogP contribution in [0.5, 0.6) is 0 Å². The summed E-state index contributed by atoms with van der Waals surface area (Å²) in [6, 6.07) is 15.2. The minimum absolute atomic E-state index is 0.550. The number of aryl methyl sites for hydroxylation is 2. The van der Waals surface area contributed by atoms with Crippen LogP contribution in [0.25, 0.3) is 16.9 Å². The highest BCUT2D eigenvalue weighted by molar-refractivity contribution is 5.80. The molecule has 1 aromatic carbocycles. The van der Waals surface area contributed by atoms with Gasteiger partial charge in [0.1, 0.15) is 11.4 Å². The third-order valence-electron chi connectivity index (χ3n) is 9.03. The SMILES string of the molecule is CCCc1cc2cnc(Nc3ccc(N4CCC(N5CCN(C)CC5)CC4)c(C)c3)nc2n1-c1cccc(C(C)(C)O)n1. The van der Waals surface area contributed by atoms with Gasteiger partial charge in [-0.05, 0) is 89.0 Å². The molecule has 2 aliphatic heterocycles. The maximum absolute atomic E-state index is 10.6. The summed E-state index contributed by atoms with van der Waals surface area (Å²) >= 11 is 0. The smallest absolute Gasteiger partial charge is 0.229 e. The van der Waals surface area contributed by atoms with Crippen molar-refractivity contribution in [3.63, 3.8) is 0 Å². The van der Waals surface area contributed by atoms with Crippen molar-refractivity contribution in [3.8, 4) is 5.82 Å². The molecule has 2 N–H and O–H groups in total. The molecule has 43 heavy (non-hydrogen) atoms. The van der Waals surface area contributed by atoms with E-state index in [9.17, 15) is 5.11 Å². The number of anilines is 3. The largest absolute Gasteiger partial charge is 0.384 e. The normalized spacial score (nSPS) is 17.6. The molecular formula is C34H46N8O. The van der Waals surface area contributed by atoms with Crippen molar-refractivity contribution in [2.75, 3.05) is 56.5 Å². The number of hydrogen-bond acceptors (Lipinski definition) is 8. The molecule has 0 amide bonds. The van der Waals surface area contributed by atoms with Crippen LogP contribution in [0.3, 0.4) is 0 Å². The zero-order valence-corrected chi connectivity index (χ0v) is 26.3. The Bertz CT molecular complexity index is 1560. The summed E-state index contributed by atoms with van der Waals surface area (Å²) in [5.74, 6) is 1.30. The molecule has 6 rings (SSSR count). The monoisotopic (exact) mass is 582 g/mol. The lowest BCUT2D eigenvalue weighted by Gasteiger charge is -2.43. The fraction of sp³-hybridized carbons (Fsp3) is 0.500. The molecule has 5 heterocycles. The average Bonchev–Trinajstić information content (AvgIpc) is 3.35. The highest BCUT2D eigenvalue weighted by atomic mass is 16.3. The van der Waals surface area contributed by atoms with Gasteiger partial charge in [-0.2, -0.15) is 4.98 Å². The lowest BCUT2D eigenvalue weighted by atomic mass is 10.0. The number of aromatic nitrogens is 4. The Morgan fingerprint density at radius 2 is 1.74 bits per heavy atom. The number of piperidine rings is 1. The summed E-state index contributed by atoms with van der Waals surface area (Å²) in [7, 11) is 2.23. The van der Waals surface area contributed by atoms with Crippen LogP contribution in [-0.4, -0.2) is 86.8 Å². The number of hydrogen-bond donors (Lipinski definition) is 2. The van der Waals surface area contributed by atoms with E-state index in [2.05, 4.69) is 74.7 Å². The first-order valence-corrected chi connectivity index (χ1v) is 15.8. The topological polar surface area (TPSA) is 85.6 Å². The van der Waals surface area contributed by atoms with Crippen LogP contribution in [0.4, 0.5) is 17.3 Å². The van der Waals surface area contributed by atoms with Gasteiger partial charge < -0.3 is 20.2 Å². The lowest BCUT2D eigenvalue weighted by molar-refractivity contribution is 0.0738. The van der Waals surface area contributed by atoms with Gasteiger partial charge in [-0.25, -0.2) is 9.97 Å². The van der Waals surface area contributed by atoms with E-state index >= 15 is 0 Å². The molecule has 3 aromatic heterocycles. The zero-order chi connectivity index (χ0) is 30.1. The van der Waals surface area contributed by atoms with Crippen LogP contribution in [0.2, 0.25) is 0 Å². The van der Waals surface area contributed by atoms with E-state index in [1.165, 1.54) is 50.3 Å². The molecule has 0 bridgehead atoms. The van der Waals surface area contributed by atoms with E-state index in [0.29, 0.717) is 17.7 Å². The highest BCUT2D eigenvalue weighted by Crippen LogP contribution is 2.30. The highest BCUT2D eigenvalue weighted by Gasteiger charge is 2.27. The van der Waals surface area contributed by atoms with Gasteiger partial charge in [0.25, 0.3) is 0 Å². The second-order valence-electron chi connectivity index (χ2n) is 12.8. The van der Waals surface area contributed by atoms with Gasteiger partial charge in [0.05, 0.1) is 5.69 Å².